The molecule has 0 aliphatic heterocycles. The maximum atomic E-state index is 8.77. The Balaban J connectivity index is 2.10. The Labute approximate surface area is 97.6 Å². The standard InChI is InChI=1S/C11H10N4S/c1-8-4-10(5-12)15-11(14-8)13-6-9-2-3-16-7-9/h2-4,7H,6H2,1H3,(H,13,14,15). The number of nitrogens with one attached hydrogen (secondary N) is 1. The molecule has 0 radical (unpaired) electrons. The van der Waals surface area contributed by atoms with E-state index in [9.17, 15) is 0 Å². The van der Waals surface area contributed by atoms with Crippen LogP contribution in [0.1, 0.15) is 17.0 Å². The van der Waals surface area contributed by atoms with Gasteiger partial charge in [-0.15, -0.1) is 0 Å². The van der Waals surface area contributed by atoms with Crippen LogP contribution < -0.4 is 5.32 Å². The highest BCUT2D eigenvalue weighted by Crippen LogP contribution is 2.09. The molecule has 5 heteroatoms. The normalized spacial score (nSPS) is 9.75. The van der Waals surface area contributed by atoms with Gasteiger partial charge in [0.1, 0.15) is 11.8 Å². The third kappa shape index (κ3) is 2.55. The molecule has 0 saturated heterocycles. The van der Waals surface area contributed by atoms with Crippen LogP contribution in [0.5, 0.6) is 0 Å². The Morgan fingerprint density at radius 1 is 1.50 bits per heavy atom. The zero-order valence-corrected chi connectivity index (χ0v) is 9.58. The Bertz CT molecular complexity index is 513. The Morgan fingerprint density at radius 2 is 2.38 bits per heavy atom. The van der Waals surface area contributed by atoms with Crippen molar-refractivity contribution in [2.45, 2.75) is 13.5 Å². The van der Waals surface area contributed by atoms with Gasteiger partial charge in [-0.25, -0.2) is 9.97 Å². The number of anilines is 1. The Morgan fingerprint density at radius 3 is 3.06 bits per heavy atom. The van der Waals surface area contributed by atoms with E-state index in [1.807, 2.05) is 24.4 Å². The van der Waals surface area contributed by atoms with E-state index in [1.54, 1.807) is 17.4 Å². The van der Waals surface area contributed by atoms with E-state index >= 15 is 0 Å². The summed E-state index contributed by atoms with van der Waals surface area (Å²) < 4.78 is 0. The summed E-state index contributed by atoms with van der Waals surface area (Å²) >= 11 is 1.65. The number of hydrogen-bond acceptors (Lipinski definition) is 5. The lowest BCUT2D eigenvalue weighted by atomic mass is 10.3. The third-order valence-electron chi connectivity index (χ3n) is 2.00. The fourth-order valence-corrected chi connectivity index (χ4v) is 1.95. The van der Waals surface area contributed by atoms with Gasteiger partial charge in [0.2, 0.25) is 5.95 Å². The number of nitrogens with zero attached hydrogens (tertiary/aromatic N) is 3. The number of rotatable bonds is 3. The van der Waals surface area contributed by atoms with Crippen molar-refractivity contribution in [2.75, 3.05) is 5.32 Å². The Kier molecular flexibility index (Phi) is 3.13. The first-order chi connectivity index (χ1) is 7.78. The van der Waals surface area contributed by atoms with E-state index in [-0.39, 0.29) is 0 Å². The maximum absolute atomic E-state index is 8.77. The first-order valence-electron chi connectivity index (χ1n) is 4.78. The summed E-state index contributed by atoms with van der Waals surface area (Å²) in [5.41, 5.74) is 2.37. The van der Waals surface area contributed by atoms with Crippen LogP contribution in [0.4, 0.5) is 5.95 Å². The van der Waals surface area contributed by atoms with Gasteiger partial charge in [-0.2, -0.15) is 16.6 Å². The molecule has 0 atom stereocenters. The minimum atomic E-state index is 0.389. The van der Waals surface area contributed by atoms with Crippen LogP contribution >= 0.6 is 11.3 Å². The van der Waals surface area contributed by atoms with Crippen LogP contribution in [0.25, 0.3) is 0 Å². The smallest absolute Gasteiger partial charge is 0.224 e. The quantitative estimate of drug-likeness (QED) is 0.879. The molecule has 80 valence electrons. The van der Waals surface area contributed by atoms with Gasteiger partial charge in [-0.05, 0) is 35.4 Å². The lowest BCUT2D eigenvalue weighted by molar-refractivity contribution is 1.02. The van der Waals surface area contributed by atoms with E-state index < -0.39 is 0 Å². The van der Waals surface area contributed by atoms with Gasteiger partial charge in [0, 0.05) is 12.2 Å². The molecule has 0 bridgehead atoms. The lowest BCUT2D eigenvalue weighted by Gasteiger charge is -2.04. The van der Waals surface area contributed by atoms with Crippen LogP contribution in [-0.4, -0.2) is 9.97 Å². The van der Waals surface area contributed by atoms with Crippen molar-refractivity contribution in [1.82, 2.24) is 9.97 Å². The van der Waals surface area contributed by atoms with E-state index in [4.69, 9.17) is 5.26 Å². The fraction of sp³-hybridized carbons (Fsp3) is 0.182. The highest BCUT2D eigenvalue weighted by Gasteiger charge is 2.01. The molecule has 4 nitrogen and oxygen atoms in total. The molecule has 0 saturated carbocycles. The highest BCUT2D eigenvalue weighted by atomic mass is 32.1. The molecule has 2 rings (SSSR count). The second-order valence-corrected chi connectivity index (χ2v) is 4.10. The third-order valence-corrected chi connectivity index (χ3v) is 2.73. The van der Waals surface area contributed by atoms with Gasteiger partial charge in [0.15, 0.2) is 0 Å². The van der Waals surface area contributed by atoms with Gasteiger partial charge in [0.25, 0.3) is 0 Å². The average molecular weight is 230 g/mol. The van der Waals surface area contributed by atoms with Crippen molar-refractivity contribution in [3.05, 3.63) is 39.8 Å². The fourth-order valence-electron chi connectivity index (χ4n) is 1.28. The minimum absolute atomic E-state index is 0.389. The van der Waals surface area contributed by atoms with Crippen LogP contribution in [0.15, 0.2) is 22.9 Å². The monoisotopic (exact) mass is 230 g/mol. The van der Waals surface area contributed by atoms with Gasteiger partial charge in [0.05, 0.1) is 0 Å². The molecule has 0 spiro atoms. The van der Waals surface area contributed by atoms with Crippen molar-refractivity contribution in [2.24, 2.45) is 0 Å². The Hall–Kier alpha value is -1.93. The van der Waals surface area contributed by atoms with Crippen LogP contribution in [-0.2, 0) is 6.54 Å². The molecule has 0 unspecified atom stereocenters. The molecule has 0 aromatic carbocycles. The SMILES string of the molecule is Cc1cc(C#N)nc(NCc2ccsc2)n1. The van der Waals surface area contributed by atoms with E-state index in [2.05, 4.69) is 20.7 Å². The second-order valence-electron chi connectivity index (χ2n) is 3.32. The zero-order valence-electron chi connectivity index (χ0n) is 8.77. The molecule has 0 amide bonds. The molecule has 2 heterocycles. The minimum Gasteiger partial charge on any atom is -0.350 e. The molecular formula is C11H10N4S. The van der Waals surface area contributed by atoms with Crippen molar-refractivity contribution >= 4 is 17.3 Å². The molecular weight excluding hydrogens is 220 g/mol. The highest BCUT2D eigenvalue weighted by molar-refractivity contribution is 7.07. The van der Waals surface area contributed by atoms with E-state index in [1.165, 1.54) is 5.56 Å². The molecule has 2 aromatic heterocycles. The summed E-state index contributed by atoms with van der Waals surface area (Å²) in [7, 11) is 0. The van der Waals surface area contributed by atoms with Crippen molar-refractivity contribution < 1.29 is 0 Å². The first-order valence-corrected chi connectivity index (χ1v) is 5.73. The van der Waals surface area contributed by atoms with E-state index in [0.717, 1.165) is 5.69 Å². The van der Waals surface area contributed by atoms with Gasteiger partial charge in [-0.3, -0.25) is 0 Å². The first kappa shape index (κ1) is 10.6. The predicted molar refractivity (Wildman–Crippen MR) is 63.1 cm³/mol. The number of hydrogen-bond donors (Lipinski definition) is 1. The molecule has 0 fully saturated rings. The van der Waals surface area contributed by atoms with Crippen molar-refractivity contribution in [3.8, 4) is 6.07 Å². The van der Waals surface area contributed by atoms with Crippen molar-refractivity contribution in [3.63, 3.8) is 0 Å². The van der Waals surface area contributed by atoms with E-state index in [0.29, 0.717) is 18.2 Å². The molecule has 1 N–H and O–H groups in total. The van der Waals surface area contributed by atoms with Crippen LogP contribution in [0, 0.1) is 18.3 Å². The molecule has 0 aliphatic rings. The summed E-state index contributed by atoms with van der Waals surface area (Å²) in [6.07, 6.45) is 0. The van der Waals surface area contributed by atoms with Gasteiger partial charge < -0.3 is 5.32 Å². The predicted octanol–water partition coefficient (Wildman–Crippen LogP) is 2.33. The zero-order chi connectivity index (χ0) is 11.4. The second kappa shape index (κ2) is 4.73. The summed E-state index contributed by atoms with van der Waals surface area (Å²) in [5.74, 6) is 0.503. The number of nitriles is 1. The number of thiophene rings is 1. The molecule has 16 heavy (non-hydrogen) atoms. The lowest BCUT2D eigenvalue weighted by Crippen LogP contribution is -2.04. The average Bonchev–Trinajstić information content (AvgIpc) is 2.78. The largest absolute Gasteiger partial charge is 0.350 e. The van der Waals surface area contributed by atoms with Gasteiger partial charge >= 0.3 is 0 Å². The number of aryl methyl sites for hydroxylation is 1. The molecule has 2 aromatic rings. The summed E-state index contributed by atoms with van der Waals surface area (Å²) in [6.45, 7) is 2.52. The summed E-state index contributed by atoms with van der Waals surface area (Å²) in [4.78, 5) is 8.28. The van der Waals surface area contributed by atoms with Crippen LogP contribution in [0.3, 0.4) is 0 Å². The van der Waals surface area contributed by atoms with Gasteiger partial charge in [-0.1, -0.05) is 0 Å². The number of aromatic nitrogens is 2. The maximum Gasteiger partial charge on any atom is 0.224 e. The topological polar surface area (TPSA) is 61.6 Å². The van der Waals surface area contributed by atoms with Crippen molar-refractivity contribution in [1.29, 1.82) is 5.26 Å². The molecule has 0 aliphatic carbocycles. The summed E-state index contributed by atoms with van der Waals surface area (Å²) in [5, 5.41) is 16.0. The summed E-state index contributed by atoms with van der Waals surface area (Å²) in [6, 6.07) is 5.72. The van der Waals surface area contributed by atoms with Crippen LogP contribution in [0.2, 0.25) is 0 Å².